The maximum absolute atomic E-state index is 12.6. The molecule has 788 valence electrons. The Morgan fingerprint density at radius 2 is 0.585 bits per heavy atom. The van der Waals surface area contributed by atoms with Crippen LogP contribution in [-0.4, -0.2) is 301 Å². The van der Waals surface area contributed by atoms with Crippen molar-refractivity contribution in [2.24, 2.45) is 5.11 Å². The lowest BCUT2D eigenvalue weighted by molar-refractivity contribution is -0.149. The minimum absolute atomic E-state index is 0.0226. The number of aliphatic hydroxyl groups excluding tert-OH is 2. The molecule has 6 aromatic carbocycles. The number of methoxy groups -OCH3 is 2. The van der Waals surface area contributed by atoms with Crippen LogP contribution in [0.5, 0.6) is 0 Å². The van der Waals surface area contributed by atoms with E-state index in [1.807, 2.05) is 42.5 Å². The second-order valence-electron chi connectivity index (χ2n) is 41.9. The number of ether oxygens (including phenoxy) is 15. The summed E-state index contributed by atoms with van der Waals surface area (Å²) in [5.41, 5.74) is 11.5. The minimum Gasteiger partial charge on any atom is -0.459 e. The fourth-order valence-corrected chi connectivity index (χ4v) is 23.1. The molecule has 6 aromatic rings. The second-order valence-corrected chi connectivity index (χ2v) is 70.0. The van der Waals surface area contributed by atoms with Crippen molar-refractivity contribution in [1.82, 2.24) is 0 Å². The number of azide groups is 1. The number of hydrogen-bond donors (Lipinski definition) is 2. The molecule has 18 atom stereocenters. The Labute approximate surface area is 841 Å². The zero-order valence-corrected chi connectivity index (χ0v) is 93.6. The van der Waals surface area contributed by atoms with E-state index in [0.29, 0.717) is 85.1 Å². The van der Waals surface area contributed by atoms with Crippen molar-refractivity contribution in [3.63, 3.8) is 0 Å². The molecule has 33 nitrogen and oxygen atoms in total. The lowest BCUT2D eigenvalue weighted by Crippen LogP contribution is -2.46. The van der Waals surface area contributed by atoms with Crippen LogP contribution in [0.15, 0.2) is 187 Å². The highest BCUT2D eigenvalue weighted by molar-refractivity contribution is 7.63. The van der Waals surface area contributed by atoms with E-state index >= 15 is 0 Å². The van der Waals surface area contributed by atoms with Crippen LogP contribution < -0.4 is 0 Å². The van der Waals surface area contributed by atoms with E-state index in [0.717, 1.165) is 0 Å². The molecule has 2 N–H and O–H groups in total. The van der Waals surface area contributed by atoms with Gasteiger partial charge in [-0.1, -0.05) is 177 Å². The normalized spacial score (nSPS) is 24.6. The van der Waals surface area contributed by atoms with Crippen molar-refractivity contribution in [3.05, 3.63) is 226 Å². The Bertz CT molecular complexity index is 5050. The molecule has 0 radical (unpaired) electrons. The second kappa shape index (κ2) is 54.9. The Morgan fingerprint density at radius 3 is 0.852 bits per heavy atom. The van der Waals surface area contributed by atoms with Crippen LogP contribution in [0.3, 0.4) is 0 Å². The van der Waals surface area contributed by atoms with Gasteiger partial charge in [0.1, 0.15) is 128 Å². The number of nitrogens with zero attached hydrogens (tertiary/aromatic N) is 3. The molecule has 40 heteroatoms. The first-order valence-electron chi connectivity index (χ1n) is 47.8. The van der Waals surface area contributed by atoms with Crippen LogP contribution in [0.1, 0.15) is 163 Å². The van der Waals surface area contributed by atoms with E-state index in [1.54, 1.807) is 200 Å². The van der Waals surface area contributed by atoms with E-state index in [4.69, 9.17) is 89.9 Å². The van der Waals surface area contributed by atoms with Gasteiger partial charge in [0.25, 0.3) is 0 Å². The molecular weight excluding hydrogens is 1960 g/mol. The summed E-state index contributed by atoms with van der Waals surface area (Å²) in [6, 6.07) is 52.1. The average molecular weight is 2110 g/mol. The lowest BCUT2D eigenvalue weighted by atomic mass is 10.1. The van der Waals surface area contributed by atoms with E-state index < -0.39 is 138 Å². The average Bonchev–Trinajstić information content (AvgIpc) is 1.65. The highest BCUT2D eigenvalue weighted by Gasteiger charge is 2.52. The third kappa shape index (κ3) is 38.9. The predicted octanol–water partition coefficient (Wildman–Crippen LogP) is 20.1. The summed E-state index contributed by atoms with van der Waals surface area (Å²) in [5.74, 6) is -4.12. The van der Waals surface area contributed by atoms with Crippen LogP contribution in [0, 0.1) is 0 Å². The Morgan fingerprint density at radius 1 is 0.345 bits per heavy atom. The number of benzene rings is 6. The summed E-state index contributed by atoms with van der Waals surface area (Å²) in [5, 5.41) is 23.4. The predicted molar refractivity (Wildman–Crippen MR) is 554 cm³/mol. The quantitative estimate of drug-likeness (QED) is 0.00554. The smallest absolute Gasteiger partial charge is 0.338 e. The molecule has 12 rings (SSSR count). The van der Waals surface area contributed by atoms with Gasteiger partial charge in [0.2, 0.25) is 0 Å². The van der Waals surface area contributed by atoms with Crippen LogP contribution in [0.2, 0.25) is 54.4 Å². The summed E-state index contributed by atoms with van der Waals surface area (Å²) in [4.78, 5) is 75.0. The van der Waals surface area contributed by atoms with Crippen molar-refractivity contribution in [3.8, 4) is 0 Å². The highest BCUT2D eigenvalue weighted by atomic mass is 31.2. The summed E-state index contributed by atoms with van der Waals surface area (Å²) in [6.45, 7) is 47.5. The number of rotatable bonds is 34. The zero-order valence-electron chi connectivity index (χ0n) is 87.1. The Balaban J connectivity index is 0.000000233. The van der Waals surface area contributed by atoms with Gasteiger partial charge in [-0.05, 0) is 192 Å². The van der Waals surface area contributed by atoms with Gasteiger partial charge in [-0.3, -0.25) is 0 Å². The molecule has 6 aliphatic heterocycles. The third-order valence-corrected chi connectivity index (χ3v) is 46.4. The van der Waals surface area contributed by atoms with Gasteiger partial charge >= 0.3 is 35.8 Å². The fraction of sp³-hybridized carbons (Fsp3) is 0.588. The lowest BCUT2D eigenvalue weighted by Gasteiger charge is -2.39. The molecule has 2 unspecified atom stereocenters. The molecule has 0 saturated carbocycles. The Hall–Kier alpha value is -7.54. The van der Waals surface area contributed by atoms with Crippen molar-refractivity contribution in [2.45, 2.75) is 264 Å². The van der Waals surface area contributed by atoms with Gasteiger partial charge < -0.3 is 113 Å². The van der Waals surface area contributed by atoms with Crippen molar-refractivity contribution in [1.29, 1.82) is 0 Å². The van der Waals surface area contributed by atoms with Gasteiger partial charge in [-0.2, -0.15) is 0 Å². The molecule has 0 bridgehead atoms. The molecule has 0 amide bonds. The topological polar surface area (TPSA) is 426 Å². The Kier molecular flexibility index (Phi) is 47.0. The largest absolute Gasteiger partial charge is 0.459 e. The fourth-order valence-electron chi connectivity index (χ4n) is 14.3. The van der Waals surface area contributed by atoms with E-state index in [1.165, 1.54) is 7.11 Å². The van der Waals surface area contributed by atoms with Crippen molar-refractivity contribution >= 4 is 89.3 Å². The van der Waals surface area contributed by atoms with E-state index in [9.17, 15) is 57.2 Å². The molecule has 6 aliphatic rings. The molecule has 0 aliphatic carbocycles. The summed E-state index contributed by atoms with van der Waals surface area (Å²) < 4.78 is 151. The van der Waals surface area contributed by atoms with E-state index in [2.05, 4.69) is 112 Å². The van der Waals surface area contributed by atoms with Gasteiger partial charge in [0.05, 0.1) is 83.2 Å². The third-order valence-electron chi connectivity index (χ3n) is 26.0. The molecule has 0 aromatic heterocycles. The van der Waals surface area contributed by atoms with Gasteiger partial charge in [0, 0.05) is 51.2 Å². The van der Waals surface area contributed by atoms with Crippen molar-refractivity contribution < 1.29 is 142 Å². The van der Waals surface area contributed by atoms with Crippen LogP contribution in [-0.2, 0) is 103 Å². The first kappa shape index (κ1) is 121. The first-order valence-corrected chi connectivity index (χ1v) is 67.2. The van der Waals surface area contributed by atoms with Gasteiger partial charge in [-0.15, -0.1) is 0 Å². The molecule has 0 spiro atoms. The van der Waals surface area contributed by atoms with Crippen LogP contribution in [0.4, 0.5) is 0 Å². The van der Waals surface area contributed by atoms with Gasteiger partial charge in [0.15, 0.2) is 37.5 Å². The molecule has 6 heterocycles. The number of esters is 6. The van der Waals surface area contributed by atoms with Crippen molar-refractivity contribution in [2.75, 3.05) is 120 Å². The standard InChI is InChI=1S/C21H34O6Si.2C20H33O5PSi.C14H18N3O4P.C14H19O5P.C13H16O5/c1-21(2,3)28(5,6)27-17-14-19(24-13-12-23-4)26-18(17)15-25-20(22)16-10-8-7-9-11-16;2*1-20(2,3)27(6,7)25-16-13-18(26(4,5)22)24-17(16)14-23-19(21)15-11-9-8-10-12-15;1-22(2,19)13-8-11(16-17-15)12(21-13)9-20-14(18)10-6-4-3-5-7-10;1-20(2,17)13-8-11(15)12(19-13)9-18-14(16)10-6-4-3-5-7-10;1-16-12-7-10(14)11(18-12)8-17-13(15)9-5-3-2-4-6-9/h7-11,17-19H,12-15H2,1-6H3;2*8-12,16-18H,13-14H2,1-7H3;3-7,11-13H,8-9H2,1-2H3;3-7,11-13,15H,8-9H2,1-2H3;2-6,10-12,14H,7-8H2,1H3/t17-,18+,19?;16-,17+,18+;16-,17+,18-;11-,12-,13+;11-,12+,13-;10-,11+,12?/m000100/s1. The molecule has 6 fully saturated rings. The maximum Gasteiger partial charge on any atom is 0.338 e. The maximum atomic E-state index is 12.6. The number of carbonyl (C=O) groups is 6. The van der Waals surface area contributed by atoms with Crippen LogP contribution in [0.25, 0.3) is 10.4 Å². The number of aliphatic hydroxyl groups is 2. The summed E-state index contributed by atoms with van der Waals surface area (Å²) >= 11 is 0. The van der Waals surface area contributed by atoms with Crippen LogP contribution >= 0.6 is 28.6 Å². The monoisotopic (exact) mass is 2110 g/mol. The summed E-state index contributed by atoms with van der Waals surface area (Å²) in [7, 11) is -12.7. The number of carbonyl (C=O) groups excluding carboxylic acids is 6. The first-order chi connectivity index (χ1) is 66.3. The molecule has 6 saturated heterocycles. The molecular formula is C102H153N3O30P4Si3. The van der Waals surface area contributed by atoms with Gasteiger partial charge in [-0.25, -0.2) is 28.8 Å². The SMILES string of the molecule is CC(C)(C)[Si](C)(C)O[C@H]1C[C@@H](P(C)(C)=O)O[C@@H]1COC(=O)c1ccccc1.CC(C)(C)[Si](C)(C)O[C@H]1C[C@H](P(C)(C)=O)O[C@@H]1COC(=O)c1ccccc1.COC1C[C@H](O)[C@@H](COC(=O)c2ccccc2)O1.COCCOC1C[C@H](O[Si](C)(C)C(C)(C)C)[C@@H](COC(=O)c2ccccc2)O1.CP(C)(=O)[C@H]1C[C@@H](N=[N+]=[N-])[C@@H](COC(=O)c2ccccc2)O1.CP(C)(=O)[C@H]1C[C@H](O)[C@@H](COC(=O)c2ccccc2)O1. The summed E-state index contributed by atoms with van der Waals surface area (Å²) in [6.07, 6.45) is -2.84. The zero-order chi connectivity index (χ0) is 106. The van der Waals surface area contributed by atoms with E-state index in [-0.39, 0.29) is 115 Å². The number of hydrogen-bond acceptors (Lipinski definition) is 31. The minimum atomic E-state index is -2.46. The highest BCUT2D eigenvalue weighted by Crippen LogP contribution is 2.54. The molecule has 142 heavy (non-hydrogen) atoms.